The van der Waals surface area contributed by atoms with E-state index in [9.17, 15) is 13.2 Å². The van der Waals surface area contributed by atoms with Gasteiger partial charge in [0.25, 0.3) is 0 Å². The van der Waals surface area contributed by atoms with Gasteiger partial charge in [0.05, 0.1) is 11.5 Å². The molecule has 0 N–H and O–H groups in total. The van der Waals surface area contributed by atoms with E-state index >= 15 is 0 Å². The van der Waals surface area contributed by atoms with Gasteiger partial charge in [-0.3, -0.25) is 4.90 Å². The second-order valence-corrected chi connectivity index (χ2v) is 13.3. The minimum Gasteiger partial charge on any atom is -0.444 e. The average Bonchev–Trinajstić information content (AvgIpc) is 3.10. The second kappa shape index (κ2) is 9.10. The van der Waals surface area contributed by atoms with Crippen LogP contribution in [0.15, 0.2) is 18.2 Å². The molecule has 7 nitrogen and oxygen atoms in total. The van der Waals surface area contributed by atoms with Crippen molar-refractivity contribution in [3.8, 4) is 0 Å². The molecule has 0 aliphatic carbocycles. The van der Waals surface area contributed by atoms with Gasteiger partial charge in [-0.1, -0.05) is 12.1 Å². The lowest BCUT2D eigenvalue weighted by molar-refractivity contribution is 0.00167. The first-order valence-electron chi connectivity index (χ1n) is 12.2. The summed E-state index contributed by atoms with van der Waals surface area (Å²) in [4.78, 5) is 19.3. The van der Waals surface area contributed by atoms with Gasteiger partial charge in [0.15, 0.2) is 9.84 Å². The van der Waals surface area contributed by atoms with Crippen molar-refractivity contribution in [2.45, 2.75) is 71.1 Å². The number of carbonyl (C=O) groups excluding carboxylic acids is 1. The van der Waals surface area contributed by atoms with Crippen molar-refractivity contribution >= 4 is 21.6 Å². The molecular weight excluding hydrogens is 438 g/mol. The van der Waals surface area contributed by atoms with E-state index in [1.165, 1.54) is 23.2 Å². The molecule has 0 saturated carbocycles. The number of hydrogen-bond donors (Lipinski definition) is 0. The number of carbonyl (C=O) groups is 1. The van der Waals surface area contributed by atoms with E-state index in [2.05, 4.69) is 34.9 Å². The summed E-state index contributed by atoms with van der Waals surface area (Å²) in [5, 5.41) is 0. The van der Waals surface area contributed by atoms with E-state index in [1.54, 1.807) is 0 Å². The summed E-state index contributed by atoms with van der Waals surface area (Å²) in [6, 6.07) is 6.59. The molecule has 0 radical (unpaired) electrons. The van der Waals surface area contributed by atoms with E-state index < -0.39 is 15.4 Å². The van der Waals surface area contributed by atoms with Crippen molar-refractivity contribution in [2.75, 3.05) is 49.1 Å². The predicted molar refractivity (Wildman–Crippen MR) is 131 cm³/mol. The molecule has 0 aromatic heterocycles. The standard InChI is InChI=1S/C25H39N3O4S/c1-20-6-7-21(22(18-20)26-14-16-33(30,31)17-15-26)19-28-11-5-8-25(28)9-12-27(13-10-25)23(29)32-24(2,3)4/h6-7,18H,5,8-17,19H2,1-4H3. The van der Waals surface area contributed by atoms with Gasteiger partial charge in [0.1, 0.15) is 5.60 Å². The minimum atomic E-state index is -2.91. The maximum absolute atomic E-state index is 12.5. The van der Waals surface area contributed by atoms with Crippen LogP contribution in [0.2, 0.25) is 0 Å². The lowest BCUT2D eigenvalue weighted by Gasteiger charge is -2.45. The third-order valence-corrected chi connectivity index (χ3v) is 8.98. The Kier molecular flexibility index (Phi) is 6.71. The van der Waals surface area contributed by atoms with Crippen molar-refractivity contribution < 1.29 is 17.9 Å². The quantitative estimate of drug-likeness (QED) is 0.663. The van der Waals surface area contributed by atoms with E-state index in [4.69, 9.17) is 4.74 Å². The van der Waals surface area contributed by atoms with Crippen molar-refractivity contribution in [2.24, 2.45) is 0 Å². The van der Waals surface area contributed by atoms with E-state index in [1.807, 2.05) is 25.7 Å². The average molecular weight is 478 g/mol. The third kappa shape index (κ3) is 5.65. The lowest BCUT2D eigenvalue weighted by atomic mass is 9.84. The fraction of sp³-hybridized carbons (Fsp3) is 0.720. The van der Waals surface area contributed by atoms with Gasteiger partial charge in [-0.15, -0.1) is 0 Å². The zero-order valence-electron chi connectivity index (χ0n) is 20.6. The van der Waals surface area contributed by atoms with Gasteiger partial charge >= 0.3 is 6.09 Å². The van der Waals surface area contributed by atoms with Gasteiger partial charge in [-0.2, -0.15) is 0 Å². The molecule has 0 bridgehead atoms. The van der Waals surface area contributed by atoms with Crippen LogP contribution in [-0.2, 0) is 21.1 Å². The van der Waals surface area contributed by atoms with Crippen molar-refractivity contribution in [3.63, 3.8) is 0 Å². The van der Waals surface area contributed by atoms with Gasteiger partial charge in [0.2, 0.25) is 0 Å². The highest BCUT2D eigenvalue weighted by atomic mass is 32.2. The summed E-state index contributed by atoms with van der Waals surface area (Å²) < 4.78 is 29.5. The first-order chi connectivity index (χ1) is 15.5. The van der Waals surface area contributed by atoms with Gasteiger partial charge in [0, 0.05) is 44.0 Å². The molecule has 3 saturated heterocycles. The van der Waals surface area contributed by atoms with Gasteiger partial charge < -0.3 is 14.5 Å². The van der Waals surface area contributed by atoms with Crippen LogP contribution >= 0.6 is 0 Å². The number of likely N-dealkylation sites (tertiary alicyclic amines) is 2. The monoisotopic (exact) mass is 477 g/mol. The van der Waals surface area contributed by atoms with Gasteiger partial charge in [-0.05, 0) is 77.1 Å². The number of amides is 1. The molecule has 33 heavy (non-hydrogen) atoms. The molecule has 184 valence electrons. The van der Waals surface area contributed by atoms with Crippen LogP contribution in [0, 0.1) is 6.92 Å². The van der Waals surface area contributed by atoms with Crippen LogP contribution < -0.4 is 4.90 Å². The molecule has 4 rings (SSSR count). The Bertz CT molecular complexity index is 964. The van der Waals surface area contributed by atoms with Crippen LogP contribution in [0.1, 0.15) is 57.6 Å². The molecule has 1 aromatic carbocycles. The fourth-order valence-electron chi connectivity index (χ4n) is 5.50. The molecule has 1 aromatic rings. The maximum atomic E-state index is 12.5. The number of rotatable bonds is 3. The molecule has 3 heterocycles. The second-order valence-electron chi connectivity index (χ2n) is 11.0. The molecular formula is C25H39N3O4S. The largest absolute Gasteiger partial charge is 0.444 e. The first-order valence-corrected chi connectivity index (χ1v) is 14.1. The predicted octanol–water partition coefficient (Wildman–Crippen LogP) is 3.60. The fourth-order valence-corrected chi connectivity index (χ4v) is 6.70. The third-order valence-electron chi connectivity index (χ3n) is 7.37. The normalized spacial score (nSPS) is 23.2. The summed E-state index contributed by atoms with van der Waals surface area (Å²) in [6.45, 7) is 12.3. The number of aryl methyl sites for hydroxylation is 1. The number of anilines is 1. The van der Waals surface area contributed by atoms with Crippen molar-refractivity contribution in [1.82, 2.24) is 9.80 Å². The summed E-state index contributed by atoms with van der Waals surface area (Å²) >= 11 is 0. The van der Waals surface area contributed by atoms with Crippen LogP contribution in [0.5, 0.6) is 0 Å². The van der Waals surface area contributed by atoms with Crippen LogP contribution in [0.4, 0.5) is 10.5 Å². The number of sulfone groups is 1. The topological polar surface area (TPSA) is 70.2 Å². The van der Waals surface area contributed by atoms with Crippen LogP contribution in [0.3, 0.4) is 0 Å². The van der Waals surface area contributed by atoms with Crippen LogP contribution in [-0.4, -0.2) is 79.7 Å². The lowest BCUT2D eigenvalue weighted by Crippen LogP contribution is -2.53. The molecule has 0 unspecified atom stereocenters. The smallest absolute Gasteiger partial charge is 0.410 e. The zero-order valence-corrected chi connectivity index (χ0v) is 21.4. The Morgan fingerprint density at radius 1 is 1.03 bits per heavy atom. The zero-order chi connectivity index (χ0) is 23.9. The Morgan fingerprint density at radius 3 is 2.33 bits per heavy atom. The number of ether oxygens (including phenoxy) is 1. The highest BCUT2D eigenvalue weighted by molar-refractivity contribution is 7.91. The molecule has 8 heteroatoms. The van der Waals surface area contributed by atoms with Crippen LogP contribution in [0.25, 0.3) is 0 Å². The highest BCUT2D eigenvalue weighted by Gasteiger charge is 2.44. The molecule has 3 aliphatic heterocycles. The van der Waals surface area contributed by atoms with E-state index in [0.29, 0.717) is 13.1 Å². The summed E-state index contributed by atoms with van der Waals surface area (Å²) in [5.74, 6) is 0.461. The van der Waals surface area contributed by atoms with Gasteiger partial charge in [-0.25, -0.2) is 13.2 Å². The molecule has 0 atom stereocenters. The Morgan fingerprint density at radius 2 is 1.70 bits per heavy atom. The summed E-state index contributed by atoms with van der Waals surface area (Å²) in [5.41, 5.74) is 3.31. The molecule has 1 spiro atoms. The Balaban J connectivity index is 1.46. The number of benzene rings is 1. The molecule has 1 amide bonds. The number of hydrogen-bond acceptors (Lipinski definition) is 6. The minimum absolute atomic E-state index is 0.131. The highest BCUT2D eigenvalue weighted by Crippen LogP contribution is 2.40. The maximum Gasteiger partial charge on any atom is 0.410 e. The van der Waals surface area contributed by atoms with E-state index in [0.717, 1.165) is 45.4 Å². The Hall–Kier alpha value is -1.80. The number of piperidine rings is 1. The van der Waals surface area contributed by atoms with Crippen molar-refractivity contribution in [3.05, 3.63) is 29.3 Å². The first kappa shape index (κ1) is 24.3. The SMILES string of the molecule is Cc1ccc(CN2CCCC23CCN(C(=O)OC(C)(C)C)CC3)c(N2CCS(=O)(=O)CC2)c1. The van der Waals surface area contributed by atoms with E-state index in [-0.39, 0.29) is 23.1 Å². The summed E-state index contributed by atoms with van der Waals surface area (Å²) in [7, 11) is -2.91. The van der Waals surface area contributed by atoms with Crippen molar-refractivity contribution in [1.29, 1.82) is 0 Å². The molecule has 3 fully saturated rings. The summed E-state index contributed by atoms with van der Waals surface area (Å²) in [6.07, 6.45) is 4.07. The Labute approximate surface area is 199 Å². The number of nitrogens with zero attached hydrogens (tertiary/aromatic N) is 3. The molecule has 3 aliphatic rings.